The molecule has 1 unspecified atom stereocenters. The second-order valence-corrected chi connectivity index (χ2v) is 7.32. The van der Waals surface area contributed by atoms with Crippen LogP contribution in [0.5, 0.6) is 0 Å². The van der Waals surface area contributed by atoms with Crippen molar-refractivity contribution in [1.29, 1.82) is 0 Å². The Morgan fingerprint density at radius 3 is 2.55 bits per heavy atom. The van der Waals surface area contributed by atoms with E-state index in [-0.39, 0.29) is 5.95 Å². The molecule has 0 radical (unpaired) electrons. The monoisotopic (exact) mass is 418 g/mol. The van der Waals surface area contributed by atoms with Crippen molar-refractivity contribution >= 4 is 23.1 Å². The zero-order valence-corrected chi connectivity index (χ0v) is 17.0. The number of ether oxygens (including phenoxy) is 1. The molecule has 0 amide bonds. The van der Waals surface area contributed by atoms with E-state index in [9.17, 15) is 5.11 Å². The van der Waals surface area contributed by atoms with Gasteiger partial charge in [-0.05, 0) is 13.0 Å². The van der Waals surface area contributed by atoms with E-state index in [4.69, 9.17) is 20.4 Å². The van der Waals surface area contributed by atoms with Gasteiger partial charge < -0.3 is 20.5 Å². The maximum atomic E-state index is 10.3. The Kier molecular flexibility index (Phi) is 4.92. The molecule has 3 aromatic heterocycles. The number of para-hydroxylation sites is 1. The molecule has 31 heavy (non-hydrogen) atoms. The zero-order chi connectivity index (χ0) is 21.4. The summed E-state index contributed by atoms with van der Waals surface area (Å²) in [6, 6.07) is 7.65. The van der Waals surface area contributed by atoms with Gasteiger partial charge in [-0.3, -0.25) is 4.57 Å². The Morgan fingerprint density at radius 1 is 1.06 bits per heavy atom. The topological polar surface area (TPSA) is 128 Å². The van der Waals surface area contributed by atoms with Gasteiger partial charge >= 0.3 is 0 Å². The first-order valence-corrected chi connectivity index (χ1v) is 10.0. The van der Waals surface area contributed by atoms with Crippen LogP contribution in [0.15, 0.2) is 43.0 Å². The van der Waals surface area contributed by atoms with E-state index in [2.05, 4.69) is 19.9 Å². The normalized spacial score (nSPS) is 15.4. The van der Waals surface area contributed by atoms with Gasteiger partial charge in [0.25, 0.3) is 0 Å². The predicted octanol–water partition coefficient (Wildman–Crippen LogP) is 1.74. The first-order valence-electron chi connectivity index (χ1n) is 10.0. The van der Waals surface area contributed by atoms with Gasteiger partial charge in [0.15, 0.2) is 5.65 Å². The molecule has 1 aliphatic rings. The molecule has 158 valence electrons. The highest BCUT2D eigenvalue weighted by molar-refractivity contribution is 5.89. The van der Waals surface area contributed by atoms with Crippen LogP contribution in [0.3, 0.4) is 0 Å². The number of aromatic nitrogens is 6. The summed E-state index contributed by atoms with van der Waals surface area (Å²) in [5.74, 6) is 0.776. The van der Waals surface area contributed by atoms with E-state index in [1.165, 1.54) is 0 Å². The van der Waals surface area contributed by atoms with Crippen LogP contribution >= 0.6 is 0 Å². The lowest BCUT2D eigenvalue weighted by molar-refractivity contribution is 0.122. The second kappa shape index (κ2) is 7.89. The van der Waals surface area contributed by atoms with Crippen molar-refractivity contribution < 1.29 is 9.84 Å². The quantitative estimate of drug-likeness (QED) is 0.509. The standard InChI is InChI=1S/C21H22N8O2/c1-13(30)15-4-2-3-5-16(15)29-12-25-18-17(14-10-23-20(22)24-11-14)26-21(27-19(18)29)28-6-8-31-9-7-28/h2-5,10-13,30H,6-9H2,1H3,(H2,22,23,24). The Hall–Kier alpha value is -3.63. The summed E-state index contributed by atoms with van der Waals surface area (Å²) in [5.41, 5.74) is 9.84. The van der Waals surface area contributed by atoms with E-state index < -0.39 is 6.10 Å². The molecule has 10 heteroatoms. The van der Waals surface area contributed by atoms with Gasteiger partial charge in [0.1, 0.15) is 17.5 Å². The van der Waals surface area contributed by atoms with E-state index in [1.54, 1.807) is 25.6 Å². The summed E-state index contributed by atoms with van der Waals surface area (Å²) in [7, 11) is 0. The number of nitrogens with two attached hydrogens (primary N) is 1. The molecule has 4 heterocycles. The van der Waals surface area contributed by atoms with Crippen LogP contribution in [0.25, 0.3) is 28.1 Å². The van der Waals surface area contributed by atoms with Crippen molar-refractivity contribution in [2.75, 3.05) is 36.9 Å². The molecule has 1 saturated heterocycles. The number of anilines is 2. The lowest BCUT2D eigenvalue weighted by Crippen LogP contribution is -2.37. The van der Waals surface area contributed by atoms with Gasteiger partial charge in [-0.15, -0.1) is 0 Å². The largest absolute Gasteiger partial charge is 0.389 e. The Labute approximate surface area is 178 Å². The summed E-state index contributed by atoms with van der Waals surface area (Å²) in [5, 5.41) is 10.3. The van der Waals surface area contributed by atoms with E-state index in [0.717, 1.165) is 11.3 Å². The Balaban J connectivity index is 1.74. The Bertz CT molecular complexity index is 1220. The highest BCUT2D eigenvalue weighted by atomic mass is 16.5. The van der Waals surface area contributed by atoms with Crippen LogP contribution < -0.4 is 10.6 Å². The fourth-order valence-electron chi connectivity index (χ4n) is 3.69. The van der Waals surface area contributed by atoms with Crippen LogP contribution in [0, 0.1) is 0 Å². The minimum atomic E-state index is -0.640. The first kappa shape index (κ1) is 19.3. The van der Waals surface area contributed by atoms with Crippen LogP contribution in [0.1, 0.15) is 18.6 Å². The minimum Gasteiger partial charge on any atom is -0.389 e. The van der Waals surface area contributed by atoms with Crippen molar-refractivity contribution in [3.63, 3.8) is 0 Å². The van der Waals surface area contributed by atoms with E-state index >= 15 is 0 Å². The minimum absolute atomic E-state index is 0.193. The van der Waals surface area contributed by atoms with Gasteiger partial charge in [-0.25, -0.2) is 19.9 Å². The van der Waals surface area contributed by atoms with Crippen LogP contribution in [0.4, 0.5) is 11.9 Å². The number of rotatable bonds is 4. The fourth-order valence-corrected chi connectivity index (χ4v) is 3.69. The highest BCUT2D eigenvalue weighted by Crippen LogP contribution is 2.30. The van der Waals surface area contributed by atoms with Crippen LogP contribution in [-0.4, -0.2) is 60.9 Å². The van der Waals surface area contributed by atoms with E-state index in [0.29, 0.717) is 54.7 Å². The summed E-state index contributed by atoms with van der Waals surface area (Å²) in [4.78, 5) is 24.6. The third-order valence-electron chi connectivity index (χ3n) is 5.27. The number of hydrogen-bond donors (Lipinski definition) is 2. The van der Waals surface area contributed by atoms with Crippen molar-refractivity contribution in [3.05, 3.63) is 48.5 Å². The lowest BCUT2D eigenvalue weighted by Gasteiger charge is -2.27. The van der Waals surface area contributed by atoms with Gasteiger partial charge in [-0.2, -0.15) is 4.98 Å². The third kappa shape index (κ3) is 3.56. The maximum absolute atomic E-state index is 10.3. The number of hydrogen-bond acceptors (Lipinski definition) is 9. The smallest absolute Gasteiger partial charge is 0.228 e. The molecule has 0 bridgehead atoms. The summed E-state index contributed by atoms with van der Waals surface area (Å²) >= 11 is 0. The molecule has 10 nitrogen and oxygen atoms in total. The fraction of sp³-hybridized carbons (Fsp3) is 0.286. The zero-order valence-electron chi connectivity index (χ0n) is 17.0. The number of benzene rings is 1. The van der Waals surface area contributed by atoms with Gasteiger partial charge in [0, 0.05) is 36.6 Å². The number of fused-ring (bicyclic) bond motifs is 1. The molecule has 0 saturated carbocycles. The van der Waals surface area contributed by atoms with Gasteiger partial charge in [-0.1, -0.05) is 18.2 Å². The third-order valence-corrected chi connectivity index (χ3v) is 5.27. The summed E-state index contributed by atoms with van der Waals surface area (Å²) < 4.78 is 7.36. The van der Waals surface area contributed by atoms with Crippen molar-refractivity contribution in [1.82, 2.24) is 29.5 Å². The van der Waals surface area contributed by atoms with Crippen molar-refractivity contribution in [2.45, 2.75) is 13.0 Å². The molecule has 1 aliphatic heterocycles. The lowest BCUT2D eigenvalue weighted by atomic mass is 10.1. The molecule has 0 spiro atoms. The summed E-state index contributed by atoms with van der Waals surface area (Å²) in [6.45, 7) is 4.37. The molecular weight excluding hydrogens is 396 g/mol. The van der Waals surface area contributed by atoms with Crippen molar-refractivity contribution in [2.24, 2.45) is 0 Å². The molecule has 1 aromatic carbocycles. The Morgan fingerprint density at radius 2 is 1.81 bits per heavy atom. The molecule has 3 N–H and O–H groups in total. The van der Waals surface area contributed by atoms with E-state index in [1.807, 2.05) is 28.8 Å². The average Bonchev–Trinajstić information content (AvgIpc) is 3.23. The first-order chi connectivity index (χ1) is 15.1. The number of aliphatic hydroxyl groups is 1. The molecule has 1 atom stereocenters. The summed E-state index contributed by atoms with van der Waals surface area (Å²) in [6.07, 6.45) is 4.33. The highest BCUT2D eigenvalue weighted by Gasteiger charge is 2.22. The molecule has 0 aliphatic carbocycles. The van der Waals surface area contributed by atoms with Gasteiger partial charge in [0.2, 0.25) is 11.9 Å². The number of nitrogen functional groups attached to an aromatic ring is 1. The number of morpholine rings is 1. The van der Waals surface area contributed by atoms with Crippen LogP contribution in [0.2, 0.25) is 0 Å². The number of nitrogens with zero attached hydrogens (tertiary/aromatic N) is 7. The molecule has 5 rings (SSSR count). The average molecular weight is 418 g/mol. The van der Waals surface area contributed by atoms with Crippen LogP contribution in [-0.2, 0) is 4.74 Å². The molecule has 4 aromatic rings. The number of imidazole rings is 1. The van der Waals surface area contributed by atoms with Gasteiger partial charge in [0.05, 0.1) is 25.0 Å². The SMILES string of the molecule is CC(O)c1ccccc1-n1cnc2c(-c3cnc(N)nc3)nc(N3CCOCC3)nc21. The second-order valence-electron chi connectivity index (χ2n) is 7.32. The molecule has 1 fully saturated rings. The predicted molar refractivity (Wildman–Crippen MR) is 116 cm³/mol. The maximum Gasteiger partial charge on any atom is 0.228 e. The van der Waals surface area contributed by atoms with Crippen molar-refractivity contribution in [3.8, 4) is 16.9 Å². The molecular formula is C21H22N8O2. The number of aliphatic hydroxyl groups excluding tert-OH is 1.